The maximum Gasteiger partial charge on any atom is 0.0459 e. The number of halogens is 1. The Morgan fingerprint density at radius 3 is 2.71 bits per heavy atom. The summed E-state index contributed by atoms with van der Waals surface area (Å²) in [5.41, 5.74) is 7.90. The molecule has 3 heteroatoms. The Balaban J connectivity index is 2.12. The van der Waals surface area contributed by atoms with Crippen molar-refractivity contribution < 1.29 is 0 Å². The second-order valence-corrected chi connectivity index (χ2v) is 5.41. The lowest BCUT2D eigenvalue weighted by atomic mass is 10.1. The molecule has 1 atom stereocenters. The van der Waals surface area contributed by atoms with Crippen molar-refractivity contribution in [3.63, 3.8) is 0 Å². The third kappa shape index (κ3) is 2.93. The third-order valence-corrected chi connectivity index (χ3v) is 4.12. The minimum absolute atomic E-state index is 0.603. The fourth-order valence-electron chi connectivity index (χ4n) is 2.24. The molecule has 0 amide bonds. The Bertz CT molecular complexity index is 388. The van der Waals surface area contributed by atoms with Gasteiger partial charge in [-0.2, -0.15) is 0 Å². The smallest absolute Gasteiger partial charge is 0.0459 e. The van der Waals surface area contributed by atoms with Crippen molar-refractivity contribution >= 4 is 17.3 Å². The molecule has 0 radical (unpaired) electrons. The largest absolute Gasteiger partial charge is 0.372 e. The Kier molecular flexibility index (Phi) is 3.95. The second-order valence-electron chi connectivity index (χ2n) is 5.00. The molecule has 0 heterocycles. The summed E-state index contributed by atoms with van der Waals surface area (Å²) in [6.45, 7) is 2.94. The van der Waals surface area contributed by atoms with Gasteiger partial charge in [-0.25, -0.2) is 0 Å². The Morgan fingerprint density at radius 1 is 1.47 bits per heavy atom. The molecule has 0 bridgehead atoms. The van der Waals surface area contributed by atoms with Crippen molar-refractivity contribution in [3.05, 3.63) is 28.8 Å². The van der Waals surface area contributed by atoms with Crippen molar-refractivity contribution in [1.82, 2.24) is 0 Å². The molecule has 94 valence electrons. The average Bonchev–Trinajstić information content (AvgIpc) is 3.14. The monoisotopic (exact) mass is 252 g/mol. The first-order valence-electron chi connectivity index (χ1n) is 6.35. The van der Waals surface area contributed by atoms with Crippen LogP contribution in [-0.4, -0.2) is 19.6 Å². The van der Waals surface area contributed by atoms with E-state index in [2.05, 4.69) is 37.1 Å². The van der Waals surface area contributed by atoms with E-state index >= 15 is 0 Å². The number of nitrogens with zero attached hydrogens (tertiary/aromatic N) is 1. The molecule has 1 unspecified atom stereocenters. The van der Waals surface area contributed by atoms with Crippen LogP contribution in [0, 0.1) is 5.92 Å². The van der Waals surface area contributed by atoms with Gasteiger partial charge in [-0.1, -0.05) is 17.7 Å². The number of anilines is 1. The van der Waals surface area contributed by atoms with Crippen LogP contribution >= 0.6 is 11.6 Å². The Morgan fingerprint density at radius 2 is 2.18 bits per heavy atom. The number of hydrogen-bond acceptors (Lipinski definition) is 2. The van der Waals surface area contributed by atoms with Gasteiger partial charge in [-0.15, -0.1) is 0 Å². The zero-order chi connectivity index (χ0) is 12.4. The van der Waals surface area contributed by atoms with Crippen LogP contribution in [0.3, 0.4) is 0 Å². The van der Waals surface area contributed by atoms with E-state index < -0.39 is 0 Å². The van der Waals surface area contributed by atoms with Gasteiger partial charge < -0.3 is 10.6 Å². The molecular formula is C14H21ClN2. The highest BCUT2D eigenvalue weighted by molar-refractivity contribution is 6.31. The molecule has 0 aliphatic heterocycles. The summed E-state index contributed by atoms with van der Waals surface area (Å²) in [6.07, 6.45) is 3.58. The first-order valence-corrected chi connectivity index (χ1v) is 6.72. The molecule has 17 heavy (non-hydrogen) atoms. The summed E-state index contributed by atoms with van der Waals surface area (Å²) < 4.78 is 0. The summed E-state index contributed by atoms with van der Waals surface area (Å²) in [5.74, 6) is 0.863. The quantitative estimate of drug-likeness (QED) is 0.873. The Labute approximate surface area is 109 Å². The Hall–Kier alpha value is -0.730. The molecule has 0 saturated heterocycles. The van der Waals surface area contributed by atoms with Crippen LogP contribution < -0.4 is 10.6 Å². The maximum atomic E-state index is 6.27. The fraction of sp³-hybridized carbons (Fsp3) is 0.571. The number of rotatable bonds is 5. The molecule has 1 fully saturated rings. The van der Waals surface area contributed by atoms with Gasteiger partial charge in [0.25, 0.3) is 0 Å². The summed E-state index contributed by atoms with van der Waals surface area (Å²) in [5, 5.41) is 0.836. The summed E-state index contributed by atoms with van der Waals surface area (Å²) in [6, 6.07) is 6.91. The van der Waals surface area contributed by atoms with E-state index in [0.717, 1.165) is 22.9 Å². The van der Waals surface area contributed by atoms with Crippen LogP contribution in [0.4, 0.5) is 5.69 Å². The number of benzene rings is 1. The number of nitrogens with two attached hydrogens (primary N) is 1. The molecule has 1 aliphatic carbocycles. The highest BCUT2D eigenvalue weighted by Gasteiger charge is 2.30. The van der Waals surface area contributed by atoms with E-state index in [4.69, 9.17) is 17.3 Å². The van der Waals surface area contributed by atoms with Gasteiger partial charge in [-0.3, -0.25) is 0 Å². The SMILES string of the molecule is CC(C1CC1)N(C)c1ccc(CCN)c(Cl)c1. The van der Waals surface area contributed by atoms with E-state index in [9.17, 15) is 0 Å². The van der Waals surface area contributed by atoms with Crippen molar-refractivity contribution in [2.45, 2.75) is 32.2 Å². The van der Waals surface area contributed by atoms with E-state index in [1.807, 2.05) is 0 Å². The van der Waals surface area contributed by atoms with Crippen LogP contribution in [0.1, 0.15) is 25.3 Å². The molecule has 1 aromatic rings. The molecular weight excluding hydrogens is 232 g/mol. The fourth-order valence-corrected chi connectivity index (χ4v) is 2.51. The molecule has 1 saturated carbocycles. The van der Waals surface area contributed by atoms with Gasteiger partial charge in [0.15, 0.2) is 0 Å². The normalized spacial score (nSPS) is 16.9. The first-order chi connectivity index (χ1) is 8.13. The topological polar surface area (TPSA) is 29.3 Å². The highest BCUT2D eigenvalue weighted by Crippen LogP contribution is 2.36. The molecule has 1 aliphatic rings. The van der Waals surface area contributed by atoms with E-state index in [1.165, 1.54) is 18.5 Å². The standard InChI is InChI=1S/C14H21ClN2/c1-10(11-3-4-11)17(2)13-6-5-12(7-8-16)14(15)9-13/h5-6,9-11H,3-4,7-8,16H2,1-2H3. The second kappa shape index (κ2) is 5.28. The zero-order valence-electron chi connectivity index (χ0n) is 10.6. The summed E-state index contributed by atoms with van der Waals surface area (Å²) in [4.78, 5) is 2.33. The van der Waals surface area contributed by atoms with Gasteiger partial charge in [0, 0.05) is 23.8 Å². The zero-order valence-corrected chi connectivity index (χ0v) is 11.4. The van der Waals surface area contributed by atoms with Crippen LogP contribution in [0.15, 0.2) is 18.2 Å². The molecule has 2 rings (SSSR count). The van der Waals surface area contributed by atoms with Crippen LogP contribution in [0.5, 0.6) is 0 Å². The van der Waals surface area contributed by atoms with Gasteiger partial charge in [0.2, 0.25) is 0 Å². The molecule has 1 aromatic carbocycles. The maximum absolute atomic E-state index is 6.27. The van der Waals surface area contributed by atoms with E-state index in [-0.39, 0.29) is 0 Å². The molecule has 0 aromatic heterocycles. The summed E-state index contributed by atoms with van der Waals surface area (Å²) in [7, 11) is 2.15. The average molecular weight is 253 g/mol. The lowest BCUT2D eigenvalue weighted by Gasteiger charge is -2.27. The van der Waals surface area contributed by atoms with Crippen molar-refractivity contribution in [2.24, 2.45) is 11.7 Å². The lowest BCUT2D eigenvalue weighted by Crippen LogP contribution is -2.30. The van der Waals surface area contributed by atoms with Crippen molar-refractivity contribution in [2.75, 3.05) is 18.5 Å². The first kappa shape index (κ1) is 12.7. The van der Waals surface area contributed by atoms with E-state index in [0.29, 0.717) is 12.6 Å². The lowest BCUT2D eigenvalue weighted by molar-refractivity contribution is 0.609. The molecule has 2 N–H and O–H groups in total. The summed E-state index contributed by atoms with van der Waals surface area (Å²) >= 11 is 6.27. The molecule has 0 spiro atoms. The van der Waals surface area contributed by atoms with Crippen molar-refractivity contribution in [3.8, 4) is 0 Å². The van der Waals surface area contributed by atoms with E-state index in [1.54, 1.807) is 0 Å². The minimum atomic E-state index is 0.603. The molecule has 2 nitrogen and oxygen atoms in total. The predicted molar refractivity (Wildman–Crippen MR) is 74.8 cm³/mol. The van der Waals surface area contributed by atoms with Crippen LogP contribution in [0.2, 0.25) is 5.02 Å². The van der Waals surface area contributed by atoms with Crippen LogP contribution in [0.25, 0.3) is 0 Å². The van der Waals surface area contributed by atoms with Crippen LogP contribution in [-0.2, 0) is 6.42 Å². The van der Waals surface area contributed by atoms with Gasteiger partial charge in [-0.05, 0) is 56.3 Å². The predicted octanol–water partition coefficient (Wildman–Crippen LogP) is 3.08. The van der Waals surface area contributed by atoms with Gasteiger partial charge in [0.1, 0.15) is 0 Å². The number of hydrogen-bond donors (Lipinski definition) is 1. The highest BCUT2D eigenvalue weighted by atomic mass is 35.5. The van der Waals surface area contributed by atoms with Crippen molar-refractivity contribution in [1.29, 1.82) is 0 Å². The van der Waals surface area contributed by atoms with Gasteiger partial charge in [0.05, 0.1) is 0 Å². The minimum Gasteiger partial charge on any atom is -0.372 e. The third-order valence-electron chi connectivity index (χ3n) is 3.77. The van der Waals surface area contributed by atoms with Gasteiger partial charge >= 0.3 is 0 Å².